The molecule has 1 aromatic rings. The first-order chi connectivity index (χ1) is 11.2. The number of benzene rings is 1. The van der Waals surface area contributed by atoms with Gasteiger partial charge in [-0.05, 0) is 30.7 Å². The van der Waals surface area contributed by atoms with Crippen molar-refractivity contribution < 1.29 is 9.84 Å². The van der Waals surface area contributed by atoms with Crippen LogP contribution >= 0.6 is 0 Å². The van der Waals surface area contributed by atoms with Gasteiger partial charge in [0.25, 0.3) is 0 Å². The summed E-state index contributed by atoms with van der Waals surface area (Å²) in [4.78, 5) is 0. The standard InChI is InChI=1S/C21H32O2/c1-3-4-15-20(17-11-7-5-8-12-17)19(22)21(20,16-23-2)18-13-9-6-10-14-18/h6,9-10,13-14,17,19,22H,3-5,7-8,11-12,15-16H2,1-2H3/t19-,20-,21+/m1/s1. The zero-order valence-electron chi connectivity index (χ0n) is 14.8. The molecule has 2 heteroatoms. The van der Waals surface area contributed by atoms with Crippen LogP contribution in [0.3, 0.4) is 0 Å². The van der Waals surface area contributed by atoms with Crippen LogP contribution in [-0.4, -0.2) is 24.9 Å². The maximum absolute atomic E-state index is 11.3. The average Bonchev–Trinajstić information content (AvgIpc) is 3.14. The lowest BCUT2D eigenvalue weighted by atomic mass is 9.69. The highest BCUT2D eigenvalue weighted by molar-refractivity contribution is 5.44. The smallest absolute Gasteiger partial charge is 0.0734 e. The molecule has 2 saturated carbocycles. The normalized spacial score (nSPS) is 34.5. The summed E-state index contributed by atoms with van der Waals surface area (Å²) in [5.74, 6) is 0.646. The van der Waals surface area contributed by atoms with Gasteiger partial charge in [-0.15, -0.1) is 0 Å². The maximum atomic E-state index is 11.3. The molecule has 1 aromatic carbocycles. The van der Waals surface area contributed by atoms with Gasteiger partial charge in [0.05, 0.1) is 18.1 Å². The highest BCUT2D eigenvalue weighted by Gasteiger charge is 2.78. The molecule has 0 radical (unpaired) electrons. The van der Waals surface area contributed by atoms with Crippen molar-refractivity contribution in [1.29, 1.82) is 0 Å². The van der Waals surface area contributed by atoms with Gasteiger partial charge in [0.15, 0.2) is 0 Å². The molecule has 0 aliphatic heterocycles. The fraction of sp³-hybridized carbons (Fsp3) is 0.714. The second-order valence-electron chi connectivity index (χ2n) is 7.65. The Hall–Kier alpha value is -0.860. The van der Waals surface area contributed by atoms with Gasteiger partial charge in [-0.3, -0.25) is 0 Å². The van der Waals surface area contributed by atoms with E-state index in [4.69, 9.17) is 4.74 Å². The number of hydrogen-bond donors (Lipinski definition) is 1. The number of unbranched alkanes of at least 4 members (excludes halogenated alkanes) is 1. The summed E-state index contributed by atoms with van der Waals surface area (Å²) in [6.07, 6.45) is 9.83. The Morgan fingerprint density at radius 1 is 1.13 bits per heavy atom. The molecule has 2 aliphatic carbocycles. The Morgan fingerprint density at radius 2 is 1.83 bits per heavy atom. The number of methoxy groups -OCH3 is 1. The molecule has 128 valence electrons. The Labute approximate surface area is 141 Å². The van der Waals surface area contributed by atoms with Gasteiger partial charge in [-0.2, -0.15) is 0 Å². The highest BCUT2D eigenvalue weighted by Crippen LogP contribution is 2.72. The minimum absolute atomic E-state index is 0.0286. The van der Waals surface area contributed by atoms with E-state index in [0.29, 0.717) is 12.5 Å². The van der Waals surface area contributed by atoms with Crippen LogP contribution in [0.25, 0.3) is 0 Å². The van der Waals surface area contributed by atoms with Crippen molar-refractivity contribution >= 4 is 0 Å². The van der Waals surface area contributed by atoms with E-state index in [-0.39, 0.29) is 16.9 Å². The number of hydrogen-bond acceptors (Lipinski definition) is 2. The second-order valence-corrected chi connectivity index (χ2v) is 7.65. The Balaban J connectivity index is 2.00. The van der Waals surface area contributed by atoms with Crippen molar-refractivity contribution in [3.05, 3.63) is 35.9 Å². The van der Waals surface area contributed by atoms with Gasteiger partial charge in [0, 0.05) is 12.5 Å². The van der Waals surface area contributed by atoms with Gasteiger partial charge < -0.3 is 9.84 Å². The quantitative estimate of drug-likeness (QED) is 0.790. The fourth-order valence-electron chi connectivity index (χ4n) is 5.53. The molecular weight excluding hydrogens is 284 g/mol. The molecule has 0 heterocycles. The van der Waals surface area contributed by atoms with Crippen molar-refractivity contribution in [2.24, 2.45) is 11.3 Å². The van der Waals surface area contributed by atoms with E-state index in [1.54, 1.807) is 7.11 Å². The fourth-order valence-corrected chi connectivity index (χ4v) is 5.53. The minimum atomic E-state index is -0.257. The number of aliphatic hydroxyl groups excluding tert-OH is 1. The number of rotatable bonds is 7. The van der Waals surface area contributed by atoms with E-state index in [9.17, 15) is 5.11 Å². The largest absolute Gasteiger partial charge is 0.391 e. The lowest BCUT2D eigenvalue weighted by molar-refractivity contribution is 0.111. The molecule has 23 heavy (non-hydrogen) atoms. The number of ether oxygens (including phenoxy) is 1. The van der Waals surface area contributed by atoms with E-state index in [1.807, 2.05) is 0 Å². The minimum Gasteiger partial charge on any atom is -0.391 e. The van der Waals surface area contributed by atoms with Crippen LogP contribution < -0.4 is 0 Å². The number of aliphatic hydroxyl groups is 1. The van der Waals surface area contributed by atoms with Gasteiger partial charge in [-0.1, -0.05) is 69.4 Å². The zero-order valence-corrected chi connectivity index (χ0v) is 14.8. The summed E-state index contributed by atoms with van der Waals surface area (Å²) in [5, 5.41) is 11.3. The van der Waals surface area contributed by atoms with Crippen molar-refractivity contribution in [2.45, 2.75) is 69.8 Å². The van der Waals surface area contributed by atoms with Crippen LogP contribution in [0.15, 0.2) is 30.3 Å². The lowest BCUT2D eigenvalue weighted by Crippen LogP contribution is -2.31. The van der Waals surface area contributed by atoms with E-state index >= 15 is 0 Å². The summed E-state index contributed by atoms with van der Waals surface area (Å²) in [5.41, 5.74) is 1.11. The Kier molecular flexibility index (Phi) is 5.13. The van der Waals surface area contributed by atoms with Gasteiger partial charge in [-0.25, -0.2) is 0 Å². The van der Waals surface area contributed by atoms with Crippen LogP contribution in [0.4, 0.5) is 0 Å². The van der Waals surface area contributed by atoms with E-state index in [0.717, 1.165) is 6.42 Å². The average molecular weight is 316 g/mol. The topological polar surface area (TPSA) is 29.5 Å². The molecule has 0 amide bonds. The van der Waals surface area contributed by atoms with E-state index in [2.05, 4.69) is 37.3 Å². The first kappa shape index (κ1) is 17.0. The molecule has 2 nitrogen and oxygen atoms in total. The van der Waals surface area contributed by atoms with Crippen molar-refractivity contribution in [3.63, 3.8) is 0 Å². The predicted octanol–water partition coefficient (Wildman–Crippen LogP) is 4.70. The predicted molar refractivity (Wildman–Crippen MR) is 94.5 cm³/mol. The van der Waals surface area contributed by atoms with Crippen LogP contribution in [-0.2, 0) is 10.2 Å². The summed E-state index contributed by atoms with van der Waals surface area (Å²) >= 11 is 0. The molecule has 3 rings (SSSR count). The van der Waals surface area contributed by atoms with E-state index in [1.165, 1.54) is 50.5 Å². The molecule has 0 unspecified atom stereocenters. The molecule has 2 aliphatic rings. The summed E-state index contributed by atoms with van der Waals surface area (Å²) in [7, 11) is 1.78. The van der Waals surface area contributed by atoms with Crippen molar-refractivity contribution in [1.82, 2.24) is 0 Å². The SMILES string of the molecule is CCCC[C@@]1(C2CCCCC2)[C@@H](O)[C@]1(COC)c1ccccc1. The molecule has 3 atom stereocenters. The Morgan fingerprint density at radius 3 is 2.43 bits per heavy atom. The van der Waals surface area contributed by atoms with Crippen LogP contribution in [0.5, 0.6) is 0 Å². The van der Waals surface area contributed by atoms with Crippen LogP contribution in [0.1, 0.15) is 63.9 Å². The zero-order chi connectivity index (χ0) is 16.3. The third-order valence-corrected chi connectivity index (χ3v) is 6.64. The summed E-state index contributed by atoms with van der Waals surface area (Å²) in [6, 6.07) is 10.6. The molecule has 1 N–H and O–H groups in total. The highest BCUT2D eigenvalue weighted by atomic mass is 16.5. The third-order valence-electron chi connectivity index (χ3n) is 6.64. The molecule has 0 aromatic heterocycles. The van der Waals surface area contributed by atoms with Gasteiger partial charge in [0.2, 0.25) is 0 Å². The molecule has 2 fully saturated rings. The van der Waals surface area contributed by atoms with Crippen molar-refractivity contribution in [2.75, 3.05) is 13.7 Å². The van der Waals surface area contributed by atoms with E-state index < -0.39 is 0 Å². The van der Waals surface area contributed by atoms with Crippen LogP contribution in [0.2, 0.25) is 0 Å². The van der Waals surface area contributed by atoms with Crippen LogP contribution in [0, 0.1) is 11.3 Å². The van der Waals surface area contributed by atoms with Gasteiger partial charge in [0.1, 0.15) is 0 Å². The second kappa shape index (κ2) is 6.94. The third kappa shape index (κ3) is 2.55. The molecule has 0 saturated heterocycles. The maximum Gasteiger partial charge on any atom is 0.0734 e. The summed E-state index contributed by atoms with van der Waals surface area (Å²) in [6.45, 7) is 2.89. The Bertz CT molecular complexity index is 494. The molecule has 0 spiro atoms. The van der Waals surface area contributed by atoms with Crippen molar-refractivity contribution in [3.8, 4) is 0 Å². The first-order valence-electron chi connectivity index (χ1n) is 9.46. The lowest BCUT2D eigenvalue weighted by Gasteiger charge is -2.35. The monoisotopic (exact) mass is 316 g/mol. The molecular formula is C21H32O2. The van der Waals surface area contributed by atoms with Gasteiger partial charge >= 0.3 is 0 Å². The first-order valence-corrected chi connectivity index (χ1v) is 9.46. The summed E-state index contributed by atoms with van der Waals surface area (Å²) < 4.78 is 5.66. The molecule has 0 bridgehead atoms.